The molecule has 6 heteroatoms. The number of fused-ring (bicyclic) bond motifs is 1. The van der Waals surface area contributed by atoms with Gasteiger partial charge in [0, 0.05) is 11.9 Å². The maximum atomic E-state index is 9.81. The van der Waals surface area contributed by atoms with Gasteiger partial charge in [-0.2, -0.15) is 4.40 Å². The summed E-state index contributed by atoms with van der Waals surface area (Å²) in [6.45, 7) is 0. The largest absolute Gasteiger partial charge is 0.506 e. The summed E-state index contributed by atoms with van der Waals surface area (Å²) in [5, 5.41) is 16.6. The number of phenols is 1. The second kappa shape index (κ2) is 5.03. The Hall–Kier alpha value is -1.85. The molecule has 0 bridgehead atoms. The van der Waals surface area contributed by atoms with E-state index in [2.05, 4.69) is 15.0 Å². The van der Waals surface area contributed by atoms with Crippen LogP contribution >= 0.6 is 23.5 Å². The lowest BCUT2D eigenvalue weighted by Gasteiger charge is -2.19. The molecule has 0 unspecified atom stereocenters. The highest BCUT2D eigenvalue weighted by Gasteiger charge is 2.16. The molecule has 3 N–H and O–H groups in total. The van der Waals surface area contributed by atoms with Crippen LogP contribution in [-0.4, -0.2) is 11.1 Å². The van der Waals surface area contributed by atoms with Gasteiger partial charge in [0.15, 0.2) is 0 Å². The van der Waals surface area contributed by atoms with E-state index in [0.717, 1.165) is 10.6 Å². The first-order valence-electron chi connectivity index (χ1n) is 5.59. The van der Waals surface area contributed by atoms with E-state index in [1.807, 2.05) is 24.3 Å². The third-order valence-electron chi connectivity index (χ3n) is 2.61. The second-order valence-electron chi connectivity index (χ2n) is 3.91. The highest BCUT2D eigenvalue weighted by Crippen LogP contribution is 2.38. The van der Waals surface area contributed by atoms with Crippen LogP contribution in [0.3, 0.4) is 0 Å². The number of guanidine groups is 1. The molecule has 19 heavy (non-hydrogen) atoms. The first kappa shape index (κ1) is 12.2. The lowest BCUT2D eigenvalue weighted by atomic mass is 10.3. The number of rotatable bonds is 1. The number of nitrogens with zero attached hydrogens (tertiary/aromatic N) is 1. The summed E-state index contributed by atoms with van der Waals surface area (Å²) < 4.78 is 4.29. The van der Waals surface area contributed by atoms with Crippen molar-refractivity contribution in [1.82, 2.24) is 0 Å². The van der Waals surface area contributed by atoms with Crippen LogP contribution in [0.5, 0.6) is 5.75 Å². The van der Waals surface area contributed by atoms with E-state index in [-0.39, 0.29) is 5.75 Å². The quantitative estimate of drug-likeness (QED) is 0.550. The van der Waals surface area contributed by atoms with Crippen LogP contribution in [0.4, 0.5) is 11.4 Å². The summed E-state index contributed by atoms with van der Waals surface area (Å²) >= 11 is 7.37. The number of hydrogen-bond acceptors (Lipinski definition) is 5. The lowest BCUT2D eigenvalue weighted by molar-refractivity contribution is 0.476. The Labute approximate surface area is 119 Å². The van der Waals surface area contributed by atoms with Gasteiger partial charge in [0.25, 0.3) is 0 Å². The maximum Gasteiger partial charge on any atom is 0.212 e. The summed E-state index contributed by atoms with van der Waals surface area (Å²) in [6.07, 6.45) is 0. The zero-order valence-electron chi connectivity index (χ0n) is 9.72. The average molecular weight is 292 g/mol. The van der Waals surface area contributed by atoms with Crippen LogP contribution in [0.25, 0.3) is 0 Å². The second-order valence-corrected chi connectivity index (χ2v) is 5.12. The van der Waals surface area contributed by atoms with Crippen molar-refractivity contribution in [2.24, 2.45) is 4.40 Å². The Morgan fingerprint density at radius 1 is 1.16 bits per heavy atom. The number of aromatic hydroxyl groups is 1. The summed E-state index contributed by atoms with van der Waals surface area (Å²) in [5.41, 5.74) is 1.41. The summed E-state index contributed by atoms with van der Waals surface area (Å²) in [6, 6.07) is 12.7. The predicted octanol–water partition coefficient (Wildman–Crippen LogP) is 3.95. The van der Waals surface area contributed by atoms with E-state index < -0.39 is 0 Å². The van der Waals surface area contributed by atoms with Gasteiger partial charge in [-0.05, 0) is 24.3 Å². The highest BCUT2D eigenvalue weighted by molar-refractivity contribution is 7.98. The molecule has 0 aromatic heterocycles. The number of phenolic OH excluding ortho intramolecular Hbond substituents is 1. The Morgan fingerprint density at radius 2 is 2.00 bits per heavy atom. The van der Waals surface area contributed by atoms with Gasteiger partial charge in [0.1, 0.15) is 5.75 Å². The molecule has 1 aliphatic rings. The van der Waals surface area contributed by atoms with Crippen molar-refractivity contribution in [3.8, 4) is 5.75 Å². The van der Waals surface area contributed by atoms with Crippen LogP contribution < -0.4 is 10.6 Å². The lowest BCUT2D eigenvalue weighted by Crippen LogP contribution is -2.23. The number of hydrogen-bond donors (Lipinski definition) is 3. The SMILES string of the molecule is Oc1cccc2c1NC(Nc1ccccc1Cl)=NS2. The third kappa shape index (κ3) is 2.47. The number of halogens is 1. The summed E-state index contributed by atoms with van der Waals surface area (Å²) in [4.78, 5) is 0.879. The van der Waals surface area contributed by atoms with E-state index >= 15 is 0 Å². The van der Waals surface area contributed by atoms with Crippen molar-refractivity contribution in [3.05, 3.63) is 47.5 Å². The van der Waals surface area contributed by atoms with Gasteiger partial charge in [-0.25, -0.2) is 0 Å². The molecule has 1 aliphatic heterocycles. The third-order valence-corrected chi connectivity index (χ3v) is 3.75. The molecule has 96 valence electrons. The number of anilines is 2. The van der Waals surface area contributed by atoms with Gasteiger partial charge in [0.2, 0.25) is 5.96 Å². The van der Waals surface area contributed by atoms with Crippen molar-refractivity contribution in [2.75, 3.05) is 10.6 Å². The molecule has 0 fully saturated rings. The number of benzene rings is 2. The van der Waals surface area contributed by atoms with Crippen molar-refractivity contribution in [2.45, 2.75) is 4.90 Å². The highest BCUT2D eigenvalue weighted by atomic mass is 35.5. The van der Waals surface area contributed by atoms with Crippen LogP contribution in [0.15, 0.2) is 51.8 Å². The number of nitrogens with one attached hydrogen (secondary N) is 2. The van der Waals surface area contributed by atoms with Crippen molar-refractivity contribution in [3.63, 3.8) is 0 Å². The van der Waals surface area contributed by atoms with Crippen LogP contribution in [0.2, 0.25) is 5.02 Å². The maximum absolute atomic E-state index is 9.81. The fourth-order valence-electron chi connectivity index (χ4n) is 1.70. The Bertz CT molecular complexity index is 660. The van der Waals surface area contributed by atoms with Gasteiger partial charge in [-0.15, -0.1) is 0 Å². The predicted molar refractivity (Wildman–Crippen MR) is 80.1 cm³/mol. The molecule has 3 rings (SSSR count). The Balaban J connectivity index is 1.84. The first-order chi connectivity index (χ1) is 9.24. The molecule has 0 spiro atoms. The normalized spacial score (nSPS) is 13.2. The van der Waals surface area contributed by atoms with Gasteiger partial charge in [0.05, 0.1) is 21.3 Å². The van der Waals surface area contributed by atoms with Gasteiger partial charge in [-0.1, -0.05) is 29.8 Å². The van der Waals surface area contributed by atoms with Crippen molar-refractivity contribution in [1.29, 1.82) is 0 Å². The molecule has 4 nitrogen and oxygen atoms in total. The molecule has 1 heterocycles. The summed E-state index contributed by atoms with van der Waals surface area (Å²) in [7, 11) is 0. The van der Waals surface area contributed by atoms with E-state index in [9.17, 15) is 5.11 Å². The fraction of sp³-hybridized carbons (Fsp3) is 0. The zero-order chi connectivity index (χ0) is 13.2. The molecule has 0 atom stereocenters. The van der Waals surface area contributed by atoms with Crippen molar-refractivity contribution >= 4 is 40.9 Å². The van der Waals surface area contributed by atoms with Crippen LogP contribution in [0.1, 0.15) is 0 Å². The van der Waals surface area contributed by atoms with E-state index in [1.165, 1.54) is 11.9 Å². The first-order valence-corrected chi connectivity index (χ1v) is 6.75. The van der Waals surface area contributed by atoms with Crippen LogP contribution in [0, 0.1) is 0 Å². The van der Waals surface area contributed by atoms with Gasteiger partial charge >= 0.3 is 0 Å². The molecule has 2 aromatic rings. The molecule has 0 radical (unpaired) electrons. The molecule has 2 aromatic carbocycles. The topological polar surface area (TPSA) is 56.6 Å². The molecular formula is C13H10ClN3OS. The van der Waals surface area contributed by atoms with Crippen molar-refractivity contribution < 1.29 is 5.11 Å². The minimum absolute atomic E-state index is 0.193. The molecule has 0 amide bonds. The van der Waals surface area contributed by atoms with E-state index in [4.69, 9.17) is 11.6 Å². The summed E-state index contributed by atoms with van der Waals surface area (Å²) in [5.74, 6) is 0.727. The van der Waals surface area contributed by atoms with Gasteiger partial charge < -0.3 is 15.7 Å². The van der Waals surface area contributed by atoms with E-state index in [0.29, 0.717) is 16.7 Å². The molecule has 0 saturated carbocycles. The Kier molecular flexibility index (Phi) is 3.23. The average Bonchev–Trinajstić information content (AvgIpc) is 2.42. The fourth-order valence-corrected chi connectivity index (χ4v) is 2.55. The Morgan fingerprint density at radius 3 is 2.84 bits per heavy atom. The minimum atomic E-state index is 0.193. The van der Waals surface area contributed by atoms with Crippen LogP contribution in [-0.2, 0) is 0 Å². The smallest absolute Gasteiger partial charge is 0.212 e. The number of para-hydroxylation sites is 2. The zero-order valence-corrected chi connectivity index (χ0v) is 11.3. The van der Waals surface area contributed by atoms with E-state index in [1.54, 1.807) is 18.2 Å². The molecule has 0 aliphatic carbocycles. The monoisotopic (exact) mass is 291 g/mol. The standard InChI is InChI=1S/C13H10ClN3OS/c14-8-4-1-2-5-9(8)15-13-16-12-10(18)6-3-7-11(12)19-17-13/h1-7,18H,(H2,15,16,17). The minimum Gasteiger partial charge on any atom is -0.506 e. The van der Waals surface area contributed by atoms with Gasteiger partial charge in [-0.3, -0.25) is 0 Å². The molecule has 0 saturated heterocycles. The molecular weight excluding hydrogens is 282 g/mol.